The molecule has 0 aromatic heterocycles. The predicted molar refractivity (Wildman–Crippen MR) is 74.2 cm³/mol. The van der Waals surface area contributed by atoms with Gasteiger partial charge in [0.15, 0.2) is 4.98 Å². The molecule has 0 amide bonds. The van der Waals surface area contributed by atoms with Gasteiger partial charge in [-0.1, -0.05) is 6.92 Å². The molecule has 0 atom stereocenters. The first kappa shape index (κ1) is 16.6. The molecule has 0 fully saturated rings. The molecule has 1 aromatic carbocycles. The number of benzene rings is 1. The highest BCUT2D eigenvalue weighted by molar-refractivity contribution is 6.36. The first-order chi connectivity index (χ1) is 9.56. The number of diazo groups is 1. The minimum atomic E-state index is -0.829. The van der Waals surface area contributed by atoms with Crippen molar-refractivity contribution in [3.63, 3.8) is 0 Å². The highest BCUT2D eigenvalue weighted by Gasteiger charge is 2.25. The quantitative estimate of drug-likeness (QED) is 0.539. The second kappa shape index (κ2) is 8.64. The van der Waals surface area contributed by atoms with Gasteiger partial charge in [-0.2, -0.15) is 0 Å². The Morgan fingerprint density at radius 3 is 2.70 bits per heavy atom. The first-order valence-electron chi connectivity index (χ1n) is 6.59. The second-order valence-corrected chi connectivity index (χ2v) is 4.53. The highest BCUT2D eigenvalue weighted by Crippen LogP contribution is 2.21. The molecule has 0 spiro atoms. The molecule has 0 bridgehead atoms. The van der Waals surface area contributed by atoms with Gasteiger partial charge in [0.25, 0.3) is 0 Å². The van der Waals surface area contributed by atoms with Crippen LogP contribution in [0.25, 0.3) is 4.98 Å². The van der Waals surface area contributed by atoms with Crippen LogP contribution in [0.5, 0.6) is 0 Å². The lowest BCUT2D eigenvalue weighted by atomic mass is 10.1. The van der Waals surface area contributed by atoms with Crippen molar-refractivity contribution < 1.29 is 18.4 Å². The largest absolute Gasteiger partial charge is 0.639 e. The fraction of sp³-hybridized carbons (Fsp3) is 0.538. The second-order valence-electron chi connectivity index (χ2n) is 4.53. The standard InChI is InChI=1S/C13H19BFN2O3/c1-4-7-18-14(20-10(2)3)19-9-11-8-12(15)5-6-13(11)17-16/h5-6,8,10H,4,7,9H2,1-3H3/q+1. The summed E-state index contributed by atoms with van der Waals surface area (Å²) in [5, 5.41) is 8.85. The predicted octanol–water partition coefficient (Wildman–Crippen LogP) is 3.66. The molecule has 0 saturated carbocycles. The Labute approximate surface area is 118 Å². The van der Waals surface area contributed by atoms with Gasteiger partial charge < -0.3 is 14.0 Å². The minimum Gasteiger partial charge on any atom is -0.386 e. The number of hydrogen-bond acceptors (Lipinski definition) is 4. The molecule has 108 valence electrons. The lowest BCUT2D eigenvalue weighted by molar-refractivity contribution is 0.0651. The Balaban J connectivity index is 2.66. The molecular weight excluding hydrogens is 262 g/mol. The lowest BCUT2D eigenvalue weighted by Gasteiger charge is -2.16. The molecule has 0 heterocycles. The summed E-state index contributed by atoms with van der Waals surface area (Å²) in [6, 6.07) is 3.84. The van der Waals surface area contributed by atoms with Crippen molar-refractivity contribution >= 4 is 13.0 Å². The van der Waals surface area contributed by atoms with Crippen LogP contribution in [0.2, 0.25) is 0 Å². The molecule has 1 rings (SSSR count). The van der Waals surface area contributed by atoms with Crippen LogP contribution in [0, 0.1) is 11.2 Å². The minimum absolute atomic E-state index is 0.0260. The maximum Gasteiger partial charge on any atom is 0.639 e. The molecular formula is C13H19BFN2O3+. The fourth-order valence-corrected chi connectivity index (χ4v) is 1.49. The molecule has 7 heteroatoms. The van der Waals surface area contributed by atoms with E-state index in [-0.39, 0.29) is 18.4 Å². The average molecular weight is 281 g/mol. The van der Waals surface area contributed by atoms with E-state index >= 15 is 0 Å². The molecule has 0 radical (unpaired) electrons. The van der Waals surface area contributed by atoms with E-state index in [1.807, 2.05) is 20.8 Å². The van der Waals surface area contributed by atoms with E-state index in [1.165, 1.54) is 18.2 Å². The molecule has 20 heavy (non-hydrogen) atoms. The maximum absolute atomic E-state index is 13.2. The van der Waals surface area contributed by atoms with Gasteiger partial charge in [-0.05, 0) is 32.4 Å². The summed E-state index contributed by atoms with van der Waals surface area (Å²) in [6.07, 6.45) is 0.768. The van der Waals surface area contributed by atoms with E-state index in [0.717, 1.165) is 6.42 Å². The van der Waals surface area contributed by atoms with Crippen molar-refractivity contribution in [2.75, 3.05) is 6.61 Å². The summed E-state index contributed by atoms with van der Waals surface area (Å²) in [6.45, 7) is 6.22. The molecule has 0 saturated heterocycles. The molecule has 0 aliphatic heterocycles. The van der Waals surface area contributed by atoms with Gasteiger partial charge in [0, 0.05) is 18.8 Å². The Kier molecular flexibility index (Phi) is 7.16. The topological polar surface area (TPSA) is 55.8 Å². The fourth-order valence-electron chi connectivity index (χ4n) is 1.49. The van der Waals surface area contributed by atoms with E-state index in [2.05, 4.69) is 4.98 Å². The van der Waals surface area contributed by atoms with E-state index < -0.39 is 13.1 Å². The van der Waals surface area contributed by atoms with Gasteiger partial charge in [-0.25, -0.2) is 4.39 Å². The lowest BCUT2D eigenvalue weighted by Crippen LogP contribution is -2.30. The van der Waals surface area contributed by atoms with Crippen molar-refractivity contribution in [2.45, 2.75) is 39.9 Å². The van der Waals surface area contributed by atoms with Crippen molar-refractivity contribution in [3.8, 4) is 0 Å². The van der Waals surface area contributed by atoms with Crippen LogP contribution in [-0.2, 0) is 20.6 Å². The van der Waals surface area contributed by atoms with Gasteiger partial charge >= 0.3 is 13.0 Å². The number of halogens is 1. The zero-order valence-corrected chi connectivity index (χ0v) is 12.0. The Morgan fingerprint density at radius 1 is 1.35 bits per heavy atom. The number of rotatable bonds is 8. The van der Waals surface area contributed by atoms with Gasteiger partial charge in [0.2, 0.25) is 5.39 Å². The molecule has 0 N–H and O–H groups in total. The van der Waals surface area contributed by atoms with Crippen LogP contribution in [0.1, 0.15) is 32.8 Å². The van der Waals surface area contributed by atoms with Crippen molar-refractivity contribution in [3.05, 3.63) is 34.6 Å². The monoisotopic (exact) mass is 281 g/mol. The SMILES string of the molecule is CCCOB(OCc1cc(F)ccc1[N+]#N)OC(C)C. The van der Waals surface area contributed by atoms with Crippen molar-refractivity contribution in [2.24, 2.45) is 0 Å². The molecule has 0 unspecified atom stereocenters. The maximum atomic E-state index is 13.2. The van der Waals surface area contributed by atoms with Crippen LogP contribution in [0.15, 0.2) is 18.2 Å². The summed E-state index contributed by atoms with van der Waals surface area (Å²) >= 11 is 0. The van der Waals surface area contributed by atoms with E-state index in [1.54, 1.807) is 0 Å². The van der Waals surface area contributed by atoms with Crippen LogP contribution >= 0.6 is 0 Å². The zero-order chi connectivity index (χ0) is 15.0. The summed E-state index contributed by atoms with van der Waals surface area (Å²) < 4.78 is 29.5. The smallest absolute Gasteiger partial charge is 0.386 e. The summed E-state index contributed by atoms with van der Waals surface area (Å²) in [5.74, 6) is -0.424. The van der Waals surface area contributed by atoms with Crippen molar-refractivity contribution in [1.29, 1.82) is 5.39 Å². The third-order valence-electron chi connectivity index (χ3n) is 2.37. The molecule has 1 aromatic rings. The van der Waals surface area contributed by atoms with Gasteiger partial charge in [0.1, 0.15) is 5.82 Å². The Bertz CT molecular complexity index is 465. The summed E-state index contributed by atoms with van der Waals surface area (Å²) in [7, 11) is -0.829. The summed E-state index contributed by atoms with van der Waals surface area (Å²) in [5.41, 5.74) is 0.676. The van der Waals surface area contributed by atoms with Crippen LogP contribution in [0.3, 0.4) is 0 Å². The van der Waals surface area contributed by atoms with Gasteiger partial charge in [-0.3, -0.25) is 0 Å². The highest BCUT2D eigenvalue weighted by atomic mass is 19.1. The average Bonchev–Trinajstić information content (AvgIpc) is 2.41. The number of nitrogens with zero attached hydrogens (tertiary/aromatic N) is 2. The van der Waals surface area contributed by atoms with Crippen LogP contribution in [0.4, 0.5) is 10.1 Å². The summed E-state index contributed by atoms with van der Waals surface area (Å²) in [4.78, 5) is 3.08. The van der Waals surface area contributed by atoms with E-state index in [4.69, 9.17) is 19.4 Å². The zero-order valence-electron chi connectivity index (χ0n) is 12.0. The van der Waals surface area contributed by atoms with E-state index in [0.29, 0.717) is 12.2 Å². The van der Waals surface area contributed by atoms with E-state index in [9.17, 15) is 4.39 Å². The van der Waals surface area contributed by atoms with Gasteiger partial charge in [0.05, 0.1) is 12.2 Å². The normalized spacial score (nSPS) is 10.6. The first-order valence-corrected chi connectivity index (χ1v) is 6.59. The van der Waals surface area contributed by atoms with Crippen LogP contribution < -0.4 is 0 Å². The Hall–Kier alpha value is -1.49. The molecule has 0 aliphatic carbocycles. The van der Waals surface area contributed by atoms with Gasteiger partial charge in [-0.15, -0.1) is 0 Å². The molecule has 5 nitrogen and oxygen atoms in total. The number of hydrogen-bond donors (Lipinski definition) is 0. The third kappa shape index (κ3) is 5.65. The van der Waals surface area contributed by atoms with Crippen molar-refractivity contribution in [1.82, 2.24) is 0 Å². The molecule has 0 aliphatic rings. The third-order valence-corrected chi connectivity index (χ3v) is 2.37. The van der Waals surface area contributed by atoms with Crippen LogP contribution in [-0.4, -0.2) is 20.0 Å². The Morgan fingerprint density at radius 2 is 2.10 bits per heavy atom.